The number of nitriles is 1. The van der Waals surface area contributed by atoms with Crippen molar-refractivity contribution in [2.75, 3.05) is 19.0 Å². The Bertz CT molecular complexity index is 485. The first-order valence-electron chi connectivity index (χ1n) is 5.25. The zero-order valence-corrected chi connectivity index (χ0v) is 10.5. The minimum atomic E-state index is -0.983. The molecule has 1 rings (SSSR count). The number of anilines is 1. The van der Waals surface area contributed by atoms with Gasteiger partial charge in [0.2, 0.25) is 0 Å². The van der Waals surface area contributed by atoms with E-state index in [0.29, 0.717) is 5.56 Å². The summed E-state index contributed by atoms with van der Waals surface area (Å²) in [7, 11) is 3.67. The van der Waals surface area contributed by atoms with E-state index in [0.717, 1.165) is 5.69 Å². The van der Waals surface area contributed by atoms with Gasteiger partial charge < -0.3 is 10.0 Å². The van der Waals surface area contributed by atoms with Crippen LogP contribution < -0.4 is 4.90 Å². The number of nitrogens with zero attached hydrogens (tertiary/aromatic N) is 2. The van der Waals surface area contributed by atoms with Gasteiger partial charge in [0.25, 0.3) is 0 Å². The van der Waals surface area contributed by atoms with E-state index in [4.69, 9.17) is 10.4 Å². The van der Waals surface area contributed by atoms with Crippen LogP contribution in [0.25, 0.3) is 0 Å². The van der Waals surface area contributed by atoms with E-state index in [9.17, 15) is 4.79 Å². The Kier molecular flexibility index (Phi) is 3.42. The Labute approximate surface area is 101 Å². The maximum absolute atomic E-state index is 11.0. The van der Waals surface area contributed by atoms with Crippen LogP contribution in [0.1, 0.15) is 29.8 Å². The molecule has 0 spiro atoms. The van der Waals surface area contributed by atoms with Gasteiger partial charge in [0, 0.05) is 19.8 Å². The van der Waals surface area contributed by atoms with Crippen LogP contribution in [0.4, 0.5) is 5.69 Å². The summed E-state index contributed by atoms with van der Waals surface area (Å²) in [6.07, 6.45) is 0. The third-order valence-electron chi connectivity index (χ3n) is 2.68. The predicted octanol–water partition coefficient (Wildman–Crippen LogP) is 2.25. The molecule has 0 aromatic heterocycles. The molecule has 0 fully saturated rings. The first kappa shape index (κ1) is 13.0. The molecule has 0 atom stereocenters. The van der Waals surface area contributed by atoms with Gasteiger partial charge in [0.05, 0.1) is 17.0 Å². The molecule has 0 radical (unpaired) electrons. The lowest BCUT2D eigenvalue weighted by Crippen LogP contribution is -2.17. The molecule has 90 valence electrons. The minimum Gasteiger partial charge on any atom is -0.478 e. The number of rotatable bonds is 3. The highest BCUT2D eigenvalue weighted by Gasteiger charge is 2.22. The van der Waals surface area contributed by atoms with Gasteiger partial charge in [-0.1, -0.05) is 0 Å². The van der Waals surface area contributed by atoms with Crippen molar-refractivity contribution < 1.29 is 9.90 Å². The predicted molar refractivity (Wildman–Crippen MR) is 66.4 cm³/mol. The molecule has 4 heteroatoms. The Morgan fingerprint density at radius 3 is 2.35 bits per heavy atom. The van der Waals surface area contributed by atoms with E-state index in [-0.39, 0.29) is 5.56 Å². The van der Waals surface area contributed by atoms with Gasteiger partial charge in [-0.05, 0) is 37.6 Å². The molecule has 0 aliphatic heterocycles. The van der Waals surface area contributed by atoms with E-state index in [1.807, 2.05) is 25.1 Å². The Balaban J connectivity index is 3.43. The fraction of sp³-hybridized carbons (Fsp3) is 0.385. The van der Waals surface area contributed by atoms with Gasteiger partial charge >= 0.3 is 5.97 Å². The quantitative estimate of drug-likeness (QED) is 0.868. The number of hydrogen-bond acceptors (Lipinski definition) is 3. The van der Waals surface area contributed by atoms with Crippen LogP contribution in [0.3, 0.4) is 0 Å². The summed E-state index contributed by atoms with van der Waals surface area (Å²) in [4.78, 5) is 12.9. The van der Waals surface area contributed by atoms with Gasteiger partial charge in [-0.2, -0.15) is 5.26 Å². The molecule has 0 aliphatic carbocycles. The lowest BCUT2D eigenvalue weighted by Gasteiger charge is -2.20. The van der Waals surface area contributed by atoms with Crippen LogP contribution in [-0.2, 0) is 5.41 Å². The van der Waals surface area contributed by atoms with Crippen LogP contribution in [0.15, 0.2) is 18.2 Å². The molecule has 0 heterocycles. The highest BCUT2D eigenvalue weighted by atomic mass is 16.4. The second-order valence-corrected chi connectivity index (χ2v) is 4.70. The fourth-order valence-corrected chi connectivity index (χ4v) is 1.42. The maximum atomic E-state index is 11.0. The molecule has 4 nitrogen and oxygen atoms in total. The van der Waals surface area contributed by atoms with Gasteiger partial charge in [-0.25, -0.2) is 4.79 Å². The molecule has 0 amide bonds. The highest BCUT2D eigenvalue weighted by molar-refractivity contribution is 5.89. The molecule has 1 aromatic rings. The Morgan fingerprint density at radius 2 is 1.94 bits per heavy atom. The summed E-state index contributed by atoms with van der Waals surface area (Å²) < 4.78 is 0. The second kappa shape index (κ2) is 4.46. The van der Waals surface area contributed by atoms with E-state index in [1.165, 1.54) is 0 Å². The monoisotopic (exact) mass is 232 g/mol. The number of aromatic carboxylic acids is 1. The van der Waals surface area contributed by atoms with Gasteiger partial charge in [-0.3, -0.25) is 0 Å². The van der Waals surface area contributed by atoms with E-state index >= 15 is 0 Å². The lowest BCUT2D eigenvalue weighted by atomic mass is 9.85. The van der Waals surface area contributed by atoms with Gasteiger partial charge in [-0.15, -0.1) is 0 Å². The zero-order chi connectivity index (χ0) is 13.2. The minimum absolute atomic E-state index is 0.203. The molecule has 1 aromatic carbocycles. The van der Waals surface area contributed by atoms with Crippen LogP contribution in [0, 0.1) is 11.3 Å². The smallest absolute Gasteiger partial charge is 0.335 e. The van der Waals surface area contributed by atoms with Crippen molar-refractivity contribution in [3.8, 4) is 6.07 Å². The molecule has 0 unspecified atom stereocenters. The van der Waals surface area contributed by atoms with E-state index < -0.39 is 11.4 Å². The highest BCUT2D eigenvalue weighted by Crippen LogP contribution is 2.27. The number of hydrogen-bond donors (Lipinski definition) is 1. The average molecular weight is 232 g/mol. The van der Waals surface area contributed by atoms with E-state index in [2.05, 4.69) is 6.07 Å². The molecule has 0 aliphatic rings. The maximum Gasteiger partial charge on any atom is 0.335 e. The number of carboxylic acids is 1. The number of benzene rings is 1. The van der Waals surface area contributed by atoms with Crippen LogP contribution >= 0.6 is 0 Å². The van der Waals surface area contributed by atoms with Crippen LogP contribution in [0.2, 0.25) is 0 Å². The van der Waals surface area contributed by atoms with Crippen LogP contribution in [-0.4, -0.2) is 25.2 Å². The number of carboxylic acid groups (broad SMARTS) is 1. The molecular formula is C13H16N2O2. The largest absolute Gasteiger partial charge is 0.478 e. The van der Waals surface area contributed by atoms with Crippen molar-refractivity contribution >= 4 is 11.7 Å². The summed E-state index contributed by atoms with van der Waals surface area (Å²) in [5.41, 5.74) is 0.998. The Hall–Kier alpha value is -2.02. The average Bonchev–Trinajstić information content (AvgIpc) is 2.28. The summed E-state index contributed by atoms with van der Waals surface area (Å²) >= 11 is 0. The fourth-order valence-electron chi connectivity index (χ4n) is 1.42. The third-order valence-corrected chi connectivity index (χ3v) is 2.68. The van der Waals surface area contributed by atoms with Crippen molar-refractivity contribution in [1.82, 2.24) is 0 Å². The van der Waals surface area contributed by atoms with Crippen molar-refractivity contribution in [2.24, 2.45) is 0 Å². The summed E-state index contributed by atoms with van der Waals surface area (Å²) in [5.74, 6) is -0.983. The molecule has 1 N–H and O–H groups in total. The zero-order valence-electron chi connectivity index (χ0n) is 10.5. The van der Waals surface area contributed by atoms with Crippen LogP contribution in [0.5, 0.6) is 0 Å². The van der Waals surface area contributed by atoms with E-state index in [1.54, 1.807) is 26.0 Å². The standard InChI is InChI=1S/C13H16N2O2/c1-13(2,8-14)10-5-9(12(16)17)6-11(7-10)15(3)4/h5-7H,1-4H3,(H,16,17). The normalized spacial score (nSPS) is 10.8. The molecular weight excluding hydrogens is 216 g/mol. The van der Waals surface area contributed by atoms with Crippen molar-refractivity contribution in [2.45, 2.75) is 19.3 Å². The SMILES string of the molecule is CN(C)c1cc(C(=O)O)cc(C(C)(C)C#N)c1. The summed E-state index contributed by atoms with van der Waals surface area (Å²) in [5, 5.41) is 18.1. The van der Waals surface area contributed by atoms with Crippen molar-refractivity contribution in [3.63, 3.8) is 0 Å². The summed E-state index contributed by atoms with van der Waals surface area (Å²) in [6, 6.07) is 7.17. The first-order chi connectivity index (χ1) is 7.77. The summed E-state index contributed by atoms with van der Waals surface area (Å²) in [6.45, 7) is 3.54. The molecule has 0 saturated heterocycles. The molecule has 0 bridgehead atoms. The van der Waals surface area contributed by atoms with Gasteiger partial charge in [0.1, 0.15) is 0 Å². The second-order valence-electron chi connectivity index (χ2n) is 4.70. The third kappa shape index (κ3) is 2.76. The topological polar surface area (TPSA) is 64.3 Å². The first-order valence-corrected chi connectivity index (χ1v) is 5.25. The van der Waals surface area contributed by atoms with Gasteiger partial charge in [0.15, 0.2) is 0 Å². The molecule has 0 saturated carbocycles. The molecule has 17 heavy (non-hydrogen) atoms. The van der Waals surface area contributed by atoms with Crippen molar-refractivity contribution in [3.05, 3.63) is 29.3 Å². The number of carbonyl (C=O) groups is 1. The van der Waals surface area contributed by atoms with Crippen molar-refractivity contribution in [1.29, 1.82) is 5.26 Å². The lowest BCUT2D eigenvalue weighted by molar-refractivity contribution is 0.0697. The Morgan fingerprint density at radius 1 is 1.35 bits per heavy atom.